The van der Waals surface area contributed by atoms with Gasteiger partial charge in [0.05, 0.1) is 0 Å². The van der Waals surface area contributed by atoms with E-state index >= 15 is 0 Å². The molecule has 1 aliphatic carbocycles. The highest BCUT2D eigenvalue weighted by molar-refractivity contribution is 5.42. The van der Waals surface area contributed by atoms with Crippen LogP contribution in [-0.4, -0.2) is 6.54 Å². The van der Waals surface area contributed by atoms with Gasteiger partial charge in [-0.15, -0.1) is 0 Å². The second-order valence-corrected chi connectivity index (χ2v) is 4.42. The van der Waals surface area contributed by atoms with Crippen LogP contribution < -0.4 is 5.32 Å². The monoisotopic (exact) mass is 173 g/mol. The minimum absolute atomic E-state index is 0.390. The number of hydrogen-bond donors (Lipinski definition) is 1. The Bertz CT molecular complexity index is 350. The van der Waals surface area contributed by atoms with Gasteiger partial charge in [-0.1, -0.05) is 23.8 Å². The molecule has 0 aromatic heterocycles. The van der Waals surface area contributed by atoms with Crippen molar-refractivity contribution in [1.82, 2.24) is 5.32 Å². The van der Waals surface area contributed by atoms with Crippen LogP contribution in [0.2, 0.25) is 0 Å². The smallest absolute Gasteiger partial charge is 0.0452 e. The van der Waals surface area contributed by atoms with Crippen molar-refractivity contribution < 1.29 is 0 Å². The first kappa shape index (κ1) is 7.57. The molecule has 68 valence electrons. The highest BCUT2D eigenvalue weighted by Crippen LogP contribution is 2.43. The van der Waals surface area contributed by atoms with Crippen molar-refractivity contribution in [2.75, 3.05) is 6.54 Å². The second-order valence-electron chi connectivity index (χ2n) is 4.42. The van der Waals surface area contributed by atoms with Crippen LogP contribution in [0.15, 0.2) is 18.2 Å². The molecule has 0 radical (unpaired) electrons. The SMILES string of the molecule is Cc1ccc2c(c1)C1(CCN1)CC2. The maximum absolute atomic E-state index is 3.60. The summed E-state index contributed by atoms with van der Waals surface area (Å²) in [6.45, 7) is 3.39. The molecule has 1 heterocycles. The lowest BCUT2D eigenvalue weighted by Crippen LogP contribution is -2.52. The molecule has 0 bridgehead atoms. The van der Waals surface area contributed by atoms with Crippen molar-refractivity contribution in [3.8, 4) is 0 Å². The third kappa shape index (κ3) is 0.910. The summed E-state index contributed by atoms with van der Waals surface area (Å²) >= 11 is 0. The van der Waals surface area contributed by atoms with E-state index in [0.717, 1.165) is 0 Å². The first-order chi connectivity index (χ1) is 6.30. The number of fused-ring (bicyclic) bond motifs is 2. The van der Waals surface area contributed by atoms with Gasteiger partial charge in [-0.2, -0.15) is 0 Å². The highest BCUT2D eigenvalue weighted by Gasteiger charge is 2.42. The summed E-state index contributed by atoms with van der Waals surface area (Å²) in [5, 5.41) is 3.60. The van der Waals surface area contributed by atoms with Gasteiger partial charge < -0.3 is 5.32 Å². The van der Waals surface area contributed by atoms with E-state index in [9.17, 15) is 0 Å². The van der Waals surface area contributed by atoms with E-state index in [4.69, 9.17) is 0 Å². The van der Waals surface area contributed by atoms with Crippen molar-refractivity contribution in [2.45, 2.75) is 31.7 Å². The van der Waals surface area contributed by atoms with Gasteiger partial charge >= 0.3 is 0 Å². The van der Waals surface area contributed by atoms with Crippen LogP contribution >= 0.6 is 0 Å². The third-order valence-electron chi connectivity index (χ3n) is 3.62. The standard InChI is InChI=1S/C12H15N/c1-9-2-3-10-4-5-12(6-7-13-12)11(10)8-9/h2-3,8,13H,4-7H2,1H3. The van der Waals surface area contributed by atoms with E-state index in [1.54, 1.807) is 11.1 Å². The topological polar surface area (TPSA) is 12.0 Å². The second kappa shape index (κ2) is 2.36. The minimum atomic E-state index is 0.390. The molecule has 13 heavy (non-hydrogen) atoms. The molecule has 3 rings (SSSR count). The van der Waals surface area contributed by atoms with Crippen LogP contribution in [-0.2, 0) is 12.0 Å². The Kier molecular flexibility index (Phi) is 1.37. The molecule has 1 aromatic carbocycles. The Morgan fingerprint density at radius 1 is 1.31 bits per heavy atom. The van der Waals surface area contributed by atoms with Crippen molar-refractivity contribution in [3.63, 3.8) is 0 Å². The average molecular weight is 173 g/mol. The number of hydrogen-bond acceptors (Lipinski definition) is 1. The summed E-state index contributed by atoms with van der Waals surface area (Å²) in [7, 11) is 0. The largest absolute Gasteiger partial charge is 0.307 e. The zero-order chi connectivity index (χ0) is 8.89. The van der Waals surface area contributed by atoms with Gasteiger partial charge in [-0.25, -0.2) is 0 Å². The molecule has 1 atom stereocenters. The molecule has 1 nitrogen and oxygen atoms in total. The number of rotatable bonds is 0. The van der Waals surface area contributed by atoms with Crippen LogP contribution in [0.4, 0.5) is 0 Å². The van der Waals surface area contributed by atoms with Gasteiger partial charge in [0.1, 0.15) is 0 Å². The normalized spacial score (nSPS) is 30.2. The van der Waals surface area contributed by atoms with Crippen molar-refractivity contribution in [2.24, 2.45) is 0 Å². The van der Waals surface area contributed by atoms with Gasteiger partial charge in [0.15, 0.2) is 0 Å². The summed E-state index contributed by atoms with van der Waals surface area (Å²) in [5.74, 6) is 0. The highest BCUT2D eigenvalue weighted by atomic mass is 15.1. The summed E-state index contributed by atoms with van der Waals surface area (Å²) in [4.78, 5) is 0. The molecule has 1 saturated heterocycles. The van der Waals surface area contributed by atoms with E-state index in [-0.39, 0.29) is 0 Å². The van der Waals surface area contributed by atoms with E-state index in [0.29, 0.717) is 5.54 Å². The van der Waals surface area contributed by atoms with E-state index < -0.39 is 0 Å². The maximum Gasteiger partial charge on any atom is 0.0452 e. The molecule has 1 fully saturated rings. The van der Waals surface area contributed by atoms with Gasteiger partial charge in [0, 0.05) is 5.54 Å². The summed E-state index contributed by atoms with van der Waals surface area (Å²) < 4.78 is 0. The molecule has 0 saturated carbocycles. The molecule has 1 N–H and O–H groups in total. The molecule has 0 amide bonds. The Balaban J connectivity index is 2.14. The van der Waals surface area contributed by atoms with Gasteiger partial charge in [0.2, 0.25) is 0 Å². The average Bonchev–Trinajstić information content (AvgIpc) is 2.41. The Morgan fingerprint density at radius 3 is 2.85 bits per heavy atom. The van der Waals surface area contributed by atoms with Crippen molar-refractivity contribution in [1.29, 1.82) is 0 Å². The predicted molar refractivity (Wildman–Crippen MR) is 53.8 cm³/mol. The van der Waals surface area contributed by atoms with Crippen LogP contribution in [0.25, 0.3) is 0 Å². The number of nitrogens with one attached hydrogen (secondary N) is 1. The number of benzene rings is 1. The van der Waals surface area contributed by atoms with Gasteiger partial charge in [-0.3, -0.25) is 0 Å². The predicted octanol–water partition coefficient (Wildman–Crippen LogP) is 2.13. The minimum Gasteiger partial charge on any atom is -0.307 e. The van der Waals surface area contributed by atoms with E-state index in [1.807, 2.05) is 0 Å². The molecule has 2 aliphatic rings. The van der Waals surface area contributed by atoms with Crippen LogP contribution in [0.3, 0.4) is 0 Å². The van der Waals surface area contributed by atoms with Crippen molar-refractivity contribution >= 4 is 0 Å². The first-order valence-electron chi connectivity index (χ1n) is 5.15. The van der Waals surface area contributed by atoms with Crippen LogP contribution in [0.5, 0.6) is 0 Å². The van der Waals surface area contributed by atoms with Gasteiger partial charge in [-0.05, 0) is 43.9 Å². The maximum atomic E-state index is 3.60. The van der Waals surface area contributed by atoms with Crippen LogP contribution in [0.1, 0.15) is 29.5 Å². The molecule has 1 aliphatic heterocycles. The van der Waals surface area contributed by atoms with Crippen molar-refractivity contribution in [3.05, 3.63) is 34.9 Å². The van der Waals surface area contributed by atoms with E-state index in [2.05, 4.69) is 30.4 Å². The first-order valence-corrected chi connectivity index (χ1v) is 5.15. The molecule has 1 heteroatoms. The quantitative estimate of drug-likeness (QED) is 0.633. The zero-order valence-corrected chi connectivity index (χ0v) is 8.06. The fourth-order valence-electron chi connectivity index (χ4n) is 2.71. The third-order valence-corrected chi connectivity index (χ3v) is 3.62. The van der Waals surface area contributed by atoms with Crippen LogP contribution in [0, 0.1) is 6.92 Å². The summed E-state index contributed by atoms with van der Waals surface area (Å²) in [5.41, 5.74) is 4.94. The molecule has 1 spiro atoms. The molecule has 1 unspecified atom stereocenters. The summed E-state index contributed by atoms with van der Waals surface area (Å²) in [6.07, 6.45) is 3.91. The summed E-state index contributed by atoms with van der Waals surface area (Å²) in [6, 6.07) is 6.91. The fraction of sp³-hybridized carbons (Fsp3) is 0.500. The van der Waals surface area contributed by atoms with Gasteiger partial charge in [0.25, 0.3) is 0 Å². The lowest BCUT2D eigenvalue weighted by Gasteiger charge is -2.41. The lowest BCUT2D eigenvalue weighted by atomic mass is 9.82. The Morgan fingerprint density at radius 2 is 2.15 bits per heavy atom. The molecular weight excluding hydrogens is 158 g/mol. The molecular formula is C12H15N. The fourth-order valence-corrected chi connectivity index (χ4v) is 2.71. The lowest BCUT2D eigenvalue weighted by molar-refractivity contribution is 0.210. The van der Waals surface area contributed by atoms with E-state index in [1.165, 1.54) is 31.4 Å². The number of aryl methyl sites for hydroxylation is 2. The Labute approximate surface area is 79.2 Å². The Hall–Kier alpha value is -0.820. The zero-order valence-electron chi connectivity index (χ0n) is 8.06. The molecule has 1 aromatic rings.